The van der Waals surface area contributed by atoms with Crippen molar-refractivity contribution in [2.45, 2.75) is 17.6 Å². The molecule has 0 aromatic heterocycles. The molecule has 25 heavy (non-hydrogen) atoms. The highest BCUT2D eigenvalue weighted by Gasteiger charge is 2.31. The molecule has 0 saturated carbocycles. The molecule has 0 radical (unpaired) electrons. The Labute approximate surface area is 150 Å². The van der Waals surface area contributed by atoms with Crippen LogP contribution in [0.15, 0.2) is 34.2 Å². The molecule has 0 atom stereocenters. The number of thioether (sulfide) groups is 1. The molecule has 1 N–H and O–H groups in total. The number of rotatable bonds is 6. The molecule has 5 nitrogen and oxygen atoms in total. The first kappa shape index (κ1) is 21.1. The Balaban J connectivity index is 2.56. The fourth-order valence-corrected chi connectivity index (χ4v) is 2.52. The van der Waals surface area contributed by atoms with Gasteiger partial charge in [-0.25, -0.2) is 0 Å². The van der Waals surface area contributed by atoms with Crippen LogP contribution in [-0.2, 0) is 11.3 Å². The SMILES string of the molecule is CN=C(NCC(=O)N(C)CC(F)(F)F)N(C)Cc1ccc(SC)cc1. The smallest absolute Gasteiger partial charge is 0.347 e. The molecule has 140 valence electrons. The Bertz CT molecular complexity index is 590. The van der Waals surface area contributed by atoms with E-state index in [2.05, 4.69) is 10.3 Å². The van der Waals surface area contributed by atoms with Crippen LogP contribution in [0.3, 0.4) is 0 Å². The molecule has 0 heterocycles. The average Bonchev–Trinajstić information content (AvgIpc) is 2.54. The largest absolute Gasteiger partial charge is 0.406 e. The number of nitrogens with one attached hydrogen (secondary N) is 1. The van der Waals surface area contributed by atoms with E-state index in [0.29, 0.717) is 17.4 Å². The van der Waals surface area contributed by atoms with Crippen molar-refractivity contribution < 1.29 is 18.0 Å². The van der Waals surface area contributed by atoms with E-state index in [4.69, 9.17) is 0 Å². The minimum atomic E-state index is -4.41. The number of guanidine groups is 1. The minimum absolute atomic E-state index is 0.255. The second-order valence-electron chi connectivity index (χ2n) is 5.47. The number of benzene rings is 1. The van der Waals surface area contributed by atoms with Gasteiger partial charge in [-0.2, -0.15) is 13.2 Å². The second kappa shape index (κ2) is 9.55. The molecule has 1 aromatic carbocycles. The highest BCUT2D eigenvalue weighted by Crippen LogP contribution is 2.16. The standard InChI is InChI=1S/C16H23F3N4OS/c1-20-15(21-9-14(24)23(3)11-16(17,18)19)22(2)10-12-5-7-13(25-4)8-6-12/h5-8H,9-11H2,1-4H3,(H,20,21). The van der Waals surface area contributed by atoms with Gasteiger partial charge in [0.15, 0.2) is 5.96 Å². The van der Waals surface area contributed by atoms with Crippen molar-refractivity contribution in [3.63, 3.8) is 0 Å². The van der Waals surface area contributed by atoms with Gasteiger partial charge in [-0.05, 0) is 24.0 Å². The predicted molar refractivity (Wildman–Crippen MR) is 94.7 cm³/mol. The van der Waals surface area contributed by atoms with E-state index in [1.165, 1.54) is 0 Å². The Morgan fingerprint density at radius 1 is 1.20 bits per heavy atom. The van der Waals surface area contributed by atoms with Crippen LogP contribution in [0.4, 0.5) is 13.2 Å². The molecule has 1 aromatic rings. The monoisotopic (exact) mass is 376 g/mol. The maximum atomic E-state index is 12.3. The van der Waals surface area contributed by atoms with Crippen molar-refractivity contribution in [1.29, 1.82) is 0 Å². The van der Waals surface area contributed by atoms with Gasteiger partial charge in [0, 0.05) is 32.6 Å². The lowest BCUT2D eigenvalue weighted by Crippen LogP contribution is -2.45. The van der Waals surface area contributed by atoms with Crippen molar-refractivity contribution in [3.05, 3.63) is 29.8 Å². The van der Waals surface area contributed by atoms with E-state index in [9.17, 15) is 18.0 Å². The molecule has 0 fully saturated rings. The summed E-state index contributed by atoms with van der Waals surface area (Å²) in [6.45, 7) is -0.973. The third kappa shape index (κ3) is 7.68. The fraction of sp³-hybridized carbons (Fsp3) is 0.500. The number of nitrogens with zero attached hydrogens (tertiary/aromatic N) is 3. The third-order valence-corrected chi connectivity index (χ3v) is 4.14. The van der Waals surface area contributed by atoms with Crippen LogP contribution in [0.1, 0.15) is 5.56 Å². The molecule has 0 spiro atoms. The second-order valence-corrected chi connectivity index (χ2v) is 6.35. The Morgan fingerprint density at radius 2 is 1.80 bits per heavy atom. The summed E-state index contributed by atoms with van der Waals surface area (Å²) in [5.41, 5.74) is 1.06. The van der Waals surface area contributed by atoms with Gasteiger partial charge in [0.05, 0.1) is 6.54 Å². The molecule has 1 rings (SSSR count). The summed E-state index contributed by atoms with van der Waals surface area (Å²) in [4.78, 5) is 19.4. The normalized spacial score (nSPS) is 12.0. The molecular formula is C16H23F3N4OS. The van der Waals surface area contributed by atoms with Crippen LogP contribution in [0.5, 0.6) is 0 Å². The molecule has 0 aliphatic rings. The first-order valence-electron chi connectivity index (χ1n) is 7.51. The maximum absolute atomic E-state index is 12.3. The zero-order chi connectivity index (χ0) is 19.0. The summed E-state index contributed by atoms with van der Waals surface area (Å²) >= 11 is 1.65. The lowest BCUT2D eigenvalue weighted by molar-refractivity contribution is -0.157. The van der Waals surface area contributed by atoms with E-state index in [0.717, 1.165) is 17.5 Å². The maximum Gasteiger partial charge on any atom is 0.406 e. The van der Waals surface area contributed by atoms with Crippen LogP contribution in [-0.4, -0.2) is 68.3 Å². The number of hydrogen-bond acceptors (Lipinski definition) is 3. The van der Waals surface area contributed by atoms with E-state index < -0.39 is 18.6 Å². The van der Waals surface area contributed by atoms with Crippen molar-refractivity contribution in [2.24, 2.45) is 4.99 Å². The van der Waals surface area contributed by atoms with Crippen molar-refractivity contribution >= 4 is 23.6 Å². The quantitative estimate of drug-likeness (QED) is 0.471. The van der Waals surface area contributed by atoms with Gasteiger partial charge in [0.1, 0.15) is 6.54 Å². The minimum Gasteiger partial charge on any atom is -0.347 e. The van der Waals surface area contributed by atoms with Gasteiger partial charge in [-0.15, -0.1) is 11.8 Å². The predicted octanol–water partition coefficient (Wildman–Crippen LogP) is 2.44. The van der Waals surface area contributed by atoms with Gasteiger partial charge in [0.25, 0.3) is 0 Å². The van der Waals surface area contributed by atoms with Gasteiger partial charge in [0.2, 0.25) is 5.91 Å². The number of carbonyl (C=O) groups is 1. The summed E-state index contributed by atoms with van der Waals surface area (Å²) < 4.78 is 36.9. The zero-order valence-corrected chi connectivity index (χ0v) is 15.5. The van der Waals surface area contributed by atoms with Gasteiger partial charge < -0.3 is 15.1 Å². The van der Waals surface area contributed by atoms with E-state index in [1.54, 1.807) is 30.8 Å². The summed E-state index contributed by atoms with van der Waals surface area (Å²) in [7, 11) is 4.47. The topological polar surface area (TPSA) is 47.9 Å². The number of hydrogen-bond donors (Lipinski definition) is 1. The van der Waals surface area contributed by atoms with E-state index in [1.807, 2.05) is 30.5 Å². The molecule has 0 bridgehead atoms. The summed E-state index contributed by atoms with van der Waals surface area (Å²) in [5, 5.41) is 2.79. The lowest BCUT2D eigenvalue weighted by atomic mass is 10.2. The number of likely N-dealkylation sites (N-methyl/N-ethyl adjacent to an activating group) is 1. The van der Waals surface area contributed by atoms with E-state index in [-0.39, 0.29) is 6.54 Å². The highest BCUT2D eigenvalue weighted by atomic mass is 32.2. The number of amides is 1. The van der Waals surface area contributed by atoms with Crippen LogP contribution < -0.4 is 5.32 Å². The third-order valence-electron chi connectivity index (χ3n) is 3.39. The van der Waals surface area contributed by atoms with Gasteiger partial charge in [-0.3, -0.25) is 9.79 Å². The van der Waals surface area contributed by atoms with Crippen molar-refractivity contribution in [1.82, 2.24) is 15.1 Å². The first-order valence-corrected chi connectivity index (χ1v) is 8.74. The summed E-state index contributed by atoms with van der Waals surface area (Å²) in [6.07, 6.45) is -2.41. The Hall–Kier alpha value is -1.90. The van der Waals surface area contributed by atoms with E-state index >= 15 is 0 Å². The van der Waals surface area contributed by atoms with Crippen molar-refractivity contribution in [2.75, 3.05) is 40.5 Å². The Morgan fingerprint density at radius 3 is 2.28 bits per heavy atom. The summed E-state index contributed by atoms with van der Waals surface area (Å²) in [6, 6.07) is 8.02. The molecule has 9 heteroatoms. The molecular weight excluding hydrogens is 353 g/mol. The molecule has 0 aliphatic carbocycles. The first-order chi connectivity index (χ1) is 11.7. The fourth-order valence-electron chi connectivity index (χ4n) is 2.11. The number of carbonyl (C=O) groups excluding carboxylic acids is 1. The van der Waals surface area contributed by atoms with Gasteiger partial charge in [-0.1, -0.05) is 12.1 Å². The van der Waals surface area contributed by atoms with Crippen LogP contribution in [0.2, 0.25) is 0 Å². The highest BCUT2D eigenvalue weighted by molar-refractivity contribution is 7.98. The molecule has 0 aliphatic heterocycles. The lowest BCUT2D eigenvalue weighted by Gasteiger charge is -2.24. The molecule has 0 saturated heterocycles. The molecule has 0 unspecified atom stereocenters. The molecule has 1 amide bonds. The number of halogens is 3. The average molecular weight is 376 g/mol. The number of alkyl halides is 3. The van der Waals surface area contributed by atoms with Crippen LogP contribution in [0, 0.1) is 0 Å². The zero-order valence-electron chi connectivity index (χ0n) is 14.7. The number of aliphatic imine (C=N–C) groups is 1. The van der Waals surface area contributed by atoms with Gasteiger partial charge >= 0.3 is 6.18 Å². The van der Waals surface area contributed by atoms with Crippen molar-refractivity contribution in [3.8, 4) is 0 Å². The Kier molecular flexibility index (Phi) is 8.08. The van der Waals surface area contributed by atoms with Crippen LogP contribution in [0.25, 0.3) is 0 Å². The summed E-state index contributed by atoms with van der Waals surface area (Å²) in [5.74, 6) is -0.223. The van der Waals surface area contributed by atoms with Crippen LogP contribution >= 0.6 is 11.8 Å².